The maximum atomic E-state index is 11.9. The van der Waals surface area contributed by atoms with Crippen LogP contribution in [0.15, 0.2) is 0 Å². The highest BCUT2D eigenvalue weighted by Gasteiger charge is 2.54. The van der Waals surface area contributed by atoms with Gasteiger partial charge in [0, 0.05) is 24.4 Å². The van der Waals surface area contributed by atoms with Crippen molar-refractivity contribution in [2.24, 2.45) is 0 Å². The molecule has 2 aliphatic rings. The zero-order chi connectivity index (χ0) is 11.1. The minimum absolute atomic E-state index is 0.135. The van der Waals surface area contributed by atoms with Gasteiger partial charge in [-0.3, -0.25) is 19.2 Å². The summed E-state index contributed by atoms with van der Waals surface area (Å²) in [6.07, 6.45) is 0.306. The van der Waals surface area contributed by atoms with Gasteiger partial charge >= 0.3 is 7.75 Å². The van der Waals surface area contributed by atoms with E-state index < -0.39 is 18.2 Å². The van der Waals surface area contributed by atoms with E-state index in [-0.39, 0.29) is 13.2 Å². The molecule has 86 valence electrons. The highest BCUT2D eigenvalue weighted by Crippen LogP contribution is 2.59. The largest absolute Gasteiger partial charge is 0.408 e. The van der Waals surface area contributed by atoms with Gasteiger partial charge in [0.15, 0.2) is 0 Å². The maximum Gasteiger partial charge on any atom is 0.408 e. The van der Waals surface area contributed by atoms with E-state index in [2.05, 4.69) is 0 Å². The number of hydrogen-bond donors (Lipinski definition) is 0. The van der Waals surface area contributed by atoms with E-state index in [4.69, 9.17) is 9.05 Å². The van der Waals surface area contributed by atoms with Crippen molar-refractivity contribution in [2.75, 3.05) is 26.3 Å². The predicted molar refractivity (Wildman–Crippen MR) is 51.1 cm³/mol. The second kappa shape index (κ2) is 3.52. The van der Waals surface area contributed by atoms with Crippen molar-refractivity contribution in [3.8, 4) is 0 Å². The van der Waals surface area contributed by atoms with Gasteiger partial charge in [-0.05, 0) is 0 Å². The van der Waals surface area contributed by atoms with Gasteiger partial charge in [-0.2, -0.15) is 0 Å². The van der Waals surface area contributed by atoms with Gasteiger partial charge in [0.2, 0.25) is 0 Å². The monoisotopic (exact) mass is 236 g/mol. The Hall–Kier alpha value is -0.490. The molecule has 2 aliphatic heterocycles. The first-order chi connectivity index (χ1) is 7.02. The van der Waals surface area contributed by atoms with Gasteiger partial charge in [-0.1, -0.05) is 6.92 Å². The second-order valence-corrected chi connectivity index (χ2v) is 5.82. The molecule has 2 heterocycles. The Morgan fingerprint density at radius 3 is 2.33 bits per heavy atom. The van der Waals surface area contributed by atoms with Crippen LogP contribution in [0.3, 0.4) is 0 Å². The Labute approximate surface area is 87.1 Å². The van der Waals surface area contributed by atoms with Crippen LogP contribution >= 0.6 is 7.75 Å². The molecule has 0 saturated carbocycles. The molecule has 0 N–H and O–H groups in total. The molecule has 0 aromatic heterocycles. The van der Waals surface area contributed by atoms with Crippen LogP contribution in [0, 0.1) is 10.1 Å². The minimum atomic E-state index is -3.18. The summed E-state index contributed by atoms with van der Waals surface area (Å²) in [5.74, 6) is 0. The molecule has 0 aliphatic carbocycles. The van der Waals surface area contributed by atoms with E-state index in [1.807, 2.05) is 0 Å². The molecule has 0 aromatic rings. The molecule has 15 heavy (non-hydrogen) atoms. The zero-order valence-corrected chi connectivity index (χ0v) is 9.31. The molecular weight excluding hydrogens is 223 g/mol. The van der Waals surface area contributed by atoms with Gasteiger partial charge in [0.05, 0.1) is 0 Å². The fraction of sp³-hybridized carbons (Fsp3) is 1.00. The Kier molecular flexibility index (Phi) is 2.58. The first-order valence-electron chi connectivity index (χ1n) is 4.81. The molecule has 2 fully saturated rings. The summed E-state index contributed by atoms with van der Waals surface area (Å²) in [5.41, 5.74) is -1.23. The smallest absolute Gasteiger partial charge is 0.289 e. The highest BCUT2D eigenvalue weighted by atomic mass is 31.2. The predicted octanol–water partition coefficient (Wildman–Crippen LogP) is 0.882. The molecular formula is C7H13N2O5P. The Balaban J connectivity index is 2.07. The first-order valence-corrected chi connectivity index (χ1v) is 6.31. The lowest BCUT2D eigenvalue weighted by Gasteiger charge is -2.32. The molecule has 0 atom stereocenters. The molecule has 0 radical (unpaired) electrons. The summed E-state index contributed by atoms with van der Waals surface area (Å²) >= 11 is 0. The van der Waals surface area contributed by atoms with E-state index in [1.165, 1.54) is 0 Å². The molecule has 0 bridgehead atoms. The summed E-state index contributed by atoms with van der Waals surface area (Å²) in [6, 6.07) is 0. The van der Waals surface area contributed by atoms with Gasteiger partial charge in [0.25, 0.3) is 5.54 Å². The van der Waals surface area contributed by atoms with E-state index in [1.54, 1.807) is 11.6 Å². The summed E-state index contributed by atoms with van der Waals surface area (Å²) < 4.78 is 23.6. The van der Waals surface area contributed by atoms with Crippen molar-refractivity contribution >= 4 is 7.75 Å². The van der Waals surface area contributed by atoms with Crippen LogP contribution in [0.25, 0.3) is 0 Å². The third-order valence-electron chi connectivity index (χ3n) is 2.81. The van der Waals surface area contributed by atoms with Crippen LogP contribution in [0.1, 0.15) is 13.3 Å². The third kappa shape index (κ3) is 1.80. The SMILES string of the molecule is CCC1([N+](=O)[O-])COP(=O)(N2CC2)OC1. The van der Waals surface area contributed by atoms with Crippen LogP contribution in [0.2, 0.25) is 0 Å². The Morgan fingerprint density at radius 1 is 1.47 bits per heavy atom. The van der Waals surface area contributed by atoms with Crippen LogP contribution in [0.5, 0.6) is 0 Å². The number of nitro groups is 1. The third-order valence-corrected chi connectivity index (χ3v) is 4.81. The van der Waals surface area contributed by atoms with Gasteiger partial charge in [-0.25, -0.2) is 9.24 Å². The molecule has 0 unspecified atom stereocenters. The van der Waals surface area contributed by atoms with Crippen molar-refractivity contribution in [3.05, 3.63) is 10.1 Å². The Morgan fingerprint density at radius 2 is 2.00 bits per heavy atom. The summed E-state index contributed by atoms with van der Waals surface area (Å²) in [5, 5.41) is 10.8. The van der Waals surface area contributed by atoms with E-state index in [0.29, 0.717) is 19.5 Å². The van der Waals surface area contributed by atoms with Crippen LogP contribution < -0.4 is 0 Å². The van der Waals surface area contributed by atoms with E-state index >= 15 is 0 Å². The van der Waals surface area contributed by atoms with Crippen molar-refractivity contribution in [2.45, 2.75) is 18.9 Å². The lowest BCUT2D eigenvalue weighted by atomic mass is 10.0. The standard InChI is InChI=1S/C7H13N2O5P/c1-2-7(9(10)11)5-13-15(12,14-6-7)8-3-4-8/h2-6H2,1H3. The van der Waals surface area contributed by atoms with E-state index in [9.17, 15) is 14.7 Å². The van der Waals surface area contributed by atoms with Crippen molar-refractivity contribution in [1.29, 1.82) is 0 Å². The molecule has 0 aromatic carbocycles. The van der Waals surface area contributed by atoms with Crippen LogP contribution in [-0.4, -0.2) is 41.4 Å². The lowest BCUT2D eigenvalue weighted by molar-refractivity contribution is -0.578. The van der Waals surface area contributed by atoms with Crippen LogP contribution in [0.4, 0.5) is 0 Å². The maximum absolute atomic E-state index is 11.9. The second-order valence-electron chi connectivity index (χ2n) is 3.80. The molecule has 2 rings (SSSR count). The van der Waals surface area contributed by atoms with Gasteiger partial charge < -0.3 is 0 Å². The molecule has 2 saturated heterocycles. The number of nitrogens with zero attached hydrogens (tertiary/aromatic N) is 2. The summed E-state index contributed by atoms with van der Waals surface area (Å²) in [7, 11) is -3.18. The van der Waals surface area contributed by atoms with Gasteiger partial charge in [-0.15, -0.1) is 0 Å². The summed E-state index contributed by atoms with van der Waals surface area (Å²) in [6.45, 7) is 2.78. The number of rotatable bonds is 3. The topological polar surface area (TPSA) is 81.7 Å². The van der Waals surface area contributed by atoms with E-state index in [0.717, 1.165) is 0 Å². The molecule has 8 heteroatoms. The van der Waals surface area contributed by atoms with Crippen molar-refractivity contribution < 1.29 is 18.5 Å². The number of hydrogen-bond acceptors (Lipinski definition) is 5. The normalized spacial score (nSPS) is 41.4. The first kappa shape index (κ1) is 11.0. The molecule has 0 spiro atoms. The van der Waals surface area contributed by atoms with Crippen molar-refractivity contribution in [1.82, 2.24) is 4.67 Å². The summed E-state index contributed by atoms with van der Waals surface area (Å²) in [4.78, 5) is 10.4. The average Bonchev–Trinajstić information content (AvgIpc) is 3.02. The quantitative estimate of drug-likeness (QED) is 0.313. The minimum Gasteiger partial charge on any atom is -0.289 e. The molecule has 0 amide bonds. The average molecular weight is 236 g/mol. The van der Waals surface area contributed by atoms with Crippen LogP contribution in [-0.2, 0) is 13.6 Å². The lowest BCUT2D eigenvalue weighted by Crippen LogP contribution is -2.49. The Bertz CT molecular complexity index is 317. The van der Waals surface area contributed by atoms with Gasteiger partial charge in [0.1, 0.15) is 13.2 Å². The zero-order valence-electron chi connectivity index (χ0n) is 8.42. The van der Waals surface area contributed by atoms with Crippen molar-refractivity contribution in [3.63, 3.8) is 0 Å². The fourth-order valence-corrected chi connectivity index (χ4v) is 3.16. The highest BCUT2D eigenvalue weighted by molar-refractivity contribution is 7.51. The molecule has 7 nitrogen and oxygen atoms in total. The fourth-order valence-electron chi connectivity index (χ4n) is 1.37.